The van der Waals surface area contributed by atoms with Gasteiger partial charge in [0.2, 0.25) is 0 Å². The molecule has 0 aliphatic carbocycles. The molecular formula is C18H24N6O. The lowest BCUT2D eigenvalue weighted by molar-refractivity contribution is 0.188. The van der Waals surface area contributed by atoms with Gasteiger partial charge in [-0.05, 0) is 44.0 Å². The standard InChI is InChI=1S/C18H24N6O/c1-22-15-2-3-16(22)12-23(8-5-15)18(25)21-11-14-4-6-20-17(10-14)24-9-7-19-13-24/h4,6-7,9-10,13,15-16H,2-3,5,8,11-12H2,1H3,(H,21,25)/t15-,16-/m0/s1. The van der Waals surface area contributed by atoms with Crippen molar-refractivity contribution in [2.45, 2.75) is 37.9 Å². The molecule has 0 aromatic carbocycles. The number of urea groups is 1. The summed E-state index contributed by atoms with van der Waals surface area (Å²) in [6, 6.07) is 5.08. The molecule has 4 heterocycles. The molecule has 2 fully saturated rings. The van der Waals surface area contributed by atoms with Crippen molar-refractivity contribution in [3.05, 3.63) is 42.6 Å². The van der Waals surface area contributed by atoms with E-state index in [1.54, 1.807) is 18.7 Å². The van der Waals surface area contributed by atoms with Crippen LogP contribution in [0.15, 0.2) is 37.1 Å². The van der Waals surface area contributed by atoms with Crippen molar-refractivity contribution < 1.29 is 4.79 Å². The fraction of sp³-hybridized carbons (Fsp3) is 0.500. The molecule has 0 spiro atoms. The fourth-order valence-electron chi connectivity index (χ4n) is 3.89. The van der Waals surface area contributed by atoms with Crippen molar-refractivity contribution in [2.75, 3.05) is 20.1 Å². The number of carbonyl (C=O) groups excluding carboxylic acids is 1. The van der Waals surface area contributed by atoms with Crippen molar-refractivity contribution in [3.63, 3.8) is 0 Å². The van der Waals surface area contributed by atoms with Crippen LogP contribution in [0.3, 0.4) is 0 Å². The minimum atomic E-state index is 0.0296. The molecule has 2 amide bonds. The summed E-state index contributed by atoms with van der Waals surface area (Å²) in [4.78, 5) is 25.4. The SMILES string of the molecule is CN1[C@H]2CC[C@H]1CN(C(=O)NCc1ccnc(-n3ccnc3)c1)CC2. The van der Waals surface area contributed by atoms with E-state index in [9.17, 15) is 4.79 Å². The first-order chi connectivity index (χ1) is 12.2. The first-order valence-electron chi connectivity index (χ1n) is 8.88. The van der Waals surface area contributed by atoms with Gasteiger partial charge in [-0.15, -0.1) is 0 Å². The third-order valence-corrected chi connectivity index (χ3v) is 5.46. The van der Waals surface area contributed by atoms with E-state index in [2.05, 4.69) is 27.2 Å². The Morgan fingerprint density at radius 3 is 3.00 bits per heavy atom. The number of pyridine rings is 1. The van der Waals surface area contributed by atoms with Gasteiger partial charge in [0.15, 0.2) is 0 Å². The molecule has 7 heteroatoms. The van der Waals surface area contributed by atoms with Crippen LogP contribution < -0.4 is 5.32 Å². The van der Waals surface area contributed by atoms with E-state index in [0.717, 1.165) is 30.9 Å². The maximum Gasteiger partial charge on any atom is 0.317 e. The molecule has 4 rings (SSSR count). The molecule has 2 aromatic heterocycles. The first kappa shape index (κ1) is 16.1. The highest BCUT2D eigenvalue weighted by molar-refractivity contribution is 5.74. The lowest BCUT2D eigenvalue weighted by atomic mass is 10.1. The second-order valence-corrected chi connectivity index (χ2v) is 6.94. The van der Waals surface area contributed by atoms with Crippen molar-refractivity contribution >= 4 is 6.03 Å². The van der Waals surface area contributed by atoms with Gasteiger partial charge in [-0.25, -0.2) is 14.8 Å². The monoisotopic (exact) mass is 340 g/mol. The molecule has 2 bridgehead atoms. The van der Waals surface area contributed by atoms with Crippen LogP contribution in [-0.2, 0) is 6.54 Å². The molecule has 25 heavy (non-hydrogen) atoms. The van der Waals surface area contributed by atoms with Crippen LogP contribution in [0.25, 0.3) is 5.82 Å². The third-order valence-electron chi connectivity index (χ3n) is 5.46. The molecule has 7 nitrogen and oxygen atoms in total. The number of rotatable bonds is 3. The number of likely N-dealkylation sites (tertiary alicyclic amines) is 1. The number of amides is 2. The summed E-state index contributed by atoms with van der Waals surface area (Å²) in [6.45, 7) is 2.17. The molecule has 0 radical (unpaired) electrons. The smallest absolute Gasteiger partial charge is 0.317 e. The first-order valence-corrected chi connectivity index (χ1v) is 8.88. The minimum absolute atomic E-state index is 0.0296. The van der Waals surface area contributed by atoms with Gasteiger partial charge in [0, 0.05) is 50.3 Å². The van der Waals surface area contributed by atoms with Crippen molar-refractivity contribution in [1.82, 2.24) is 29.7 Å². The largest absolute Gasteiger partial charge is 0.334 e. The van der Waals surface area contributed by atoms with Crippen molar-refractivity contribution in [2.24, 2.45) is 0 Å². The molecule has 2 aliphatic rings. The number of aromatic nitrogens is 3. The molecule has 2 saturated heterocycles. The van der Waals surface area contributed by atoms with Gasteiger partial charge in [0.05, 0.1) is 0 Å². The van der Waals surface area contributed by atoms with Crippen LogP contribution >= 0.6 is 0 Å². The van der Waals surface area contributed by atoms with Crippen LogP contribution in [0.4, 0.5) is 4.79 Å². The number of likely N-dealkylation sites (N-methyl/N-ethyl adjacent to an activating group) is 1. The van der Waals surface area contributed by atoms with Gasteiger partial charge in [0.25, 0.3) is 0 Å². The molecule has 0 unspecified atom stereocenters. The number of imidazole rings is 1. The normalized spacial score (nSPS) is 23.5. The Labute approximate surface area is 147 Å². The minimum Gasteiger partial charge on any atom is -0.334 e. The van der Waals surface area contributed by atoms with E-state index in [0.29, 0.717) is 18.6 Å². The zero-order valence-corrected chi connectivity index (χ0v) is 14.5. The Kier molecular flexibility index (Phi) is 4.40. The predicted molar refractivity (Wildman–Crippen MR) is 94.4 cm³/mol. The van der Waals surface area contributed by atoms with Crippen molar-refractivity contribution in [1.29, 1.82) is 0 Å². The number of hydrogen-bond acceptors (Lipinski definition) is 4. The molecule has 2 aromatic rings. The second-order valence-electron chi connectivity index (χ2n) is 6.94. The fourth-order valence-corrected chi connectivity index (χ4v) is 3.89. The van der Waals surface area contributed by atoms with E-state index in [1.165, 1.54) is 12.8 Å². The number of fused-ring (bicyclic) bond motifs is 2. The topological polar surface area (TPSA) is 66.3 Å². The zero-order valence-electron chi connectivity index (χ0n) is 14.5. The Hall–Kier alpha value is -2.41. The molecule has 2 atom stereocenters. The van der Waals surface area contributed by atoms with Gasteiger partial charge >= 0.3 is 6.03 Å². The predicted octanol–water partition coefficient (Wildman–Crippen LogP) is 1.65. The molecule has 0 saturated carbocycles. The Bertz CT molecular complexity index is 731. The second kappa shape index (κ2) is 6.84. The van der Waals surface area contributed by atoms with Crippen LogP contribution in [0, 0.1) is 0 Å². The van der Waals surface area contributed by atoms with Crippen LogP contribution in [0.1, 0.15) is 24.8 Å². The van der Waals surface area contributed by atoms with E-state index in [1.807, 2.05) is 27.8 Å². The van der Waals surface area contributed by atoms with Crippen LogP contribution in [-0.4, -0.2) is 62.6 Å². The maximum atomic E-state index is 12.6. The average Bonchev–Trinajstić information content (AvgIpc) is 3.22. The number of hydrogen-bond donors (Lipinski definition) is 1. The summed E-state index contributed by atoms with van der Waals surface area (Å²) in [5, 5.41) is 3.06. The summed E-state index contributed by atoms with van der Waals surface area (Å²) in [5.74, 6) is 0.804. The maximum absolute atomic E-state index is 12.6. The summed E-state index contributed by atoms with van der Waals surface area (Å²) < 4.78 is 1.85. The zero-order chi connectivity index (χ0) is 17.2. The average molecular weight is 340 g/mol. The molecular weight excluding hydrogens is 316 g/mol. The van der Waals surface area contributed by atoms with Crippen molar-refractivity contribution in [3.8, 4) is 5.82 Å². The highest BCUT2D eigenvalue weighted by atomic mass is 16.2. The number of nitrogens with one attached hydrogen (secondary N) is 1. The van der Waals surface area contributed by atoms with Gasteiger partial charge in [-0.2, -0.15) is 0 Å². The molecule has 132 valence electrons. The van der Waals surface area contributed by atoms with E-state index < -0.39 is 0 Å². The Morgan fingerprint density at radius 1 is 1.28 bits per heavy atom. The third kappa shape index (κ3) is 3.37. The van der Waals surface area contributed by atoms with Gasteiger partial charge < -0.3 is 10.2 Å². The Balaban J connectivity index is 1.37. The highest BCUT2D eigenvalue weighted by Crippen LogP contribution is 2.28. The van der Waals surface area contributed by atoms with Gasteiger partial charge in [-0.3, -0.25) is 9.47 Å². The Morgan fingerprint density at radius 2 is 2.16 bits per heavy atom. The number of carbonyl (C=O) groups is 1. The van der Waals surface area contributed by atoms with E-state index >= 15 is 0 Å². The summed E-state index contributed by atoms with van der Waals surface area (Å²) >= 11 is 0. The lowest BCUT2D eigenvalue weighted by Crippen LogP contribution is -2.44. The highest BCUT2D eigenvalue weighted by Gasteiger charge is 2.35. The lowest BCUT2D eigenvalue weighted by Gasteiger charge is -2.26. The summed E-state index contributed by atoms with van der Waals surface area (Å²) in [5.41, 5.74) is 1.03. The summed E-state index contributed by atoms with van der Waals surface area (Å²) in [7, 11) is 2.19. The quantitative estimate of drug-likeness (QED) is 0.923. The van der Waals surface area contributed by atoms with Gasteiger partial charge in [0.1, 0.15) is 12.1 Å². The van der Waals surface area contributed by atoms with Crippen LogP contribution in [0.2, 0.25) is 0 Å². The van der Waals surface area contributed by atoms with Crippen LogP contribution in [0.5, 0.6) is 0 Å². The molecule has 1 N–H and O–H groups in total. The van der Waals surface area contributed by atoms with E-state index in [-0.39, 0.29) is 6.03 Å². The summed E-state index contributed by atoms with van der Waals surface area (Å²) in [6.07, 6.45) is 10.6. The number of nitrogens with zero attached hydrogens (tertiary/aromatic N) is 5. The molecule has 2 aliphatic heterocycles. The van der Waals surface area contributed by atoms with E-state index in [4.69, 9.17) is 0 Å². The van der Waals surface area contributed by atoms with Gasteiger partial charge in [-0.1, -0.05) is 0 Å².